The molecular formula is C22H26N2O5S2. The number of carbonyl (C=O) groups is 3. The van der Waals surface area contributed by atoms with Crippen LogP contribution in [-0.2, 0) is 9.59 Å². The maximum absolute atomic E-state index is 12.5. The van der Waals surface area contributed by atoms with Crippen molar-refractivity contribution in [2.75, 3.05) is 19.6 Å². The molecule has 2 N–H and O–H groups in total. The van der Waals surface area contributed by atoms with Gasteiger partial charge in [0.25, 0.3) is 0 Å². The molecule has 31 heavy (non-hydrogen) atoms. The average molecular weight is 463 g/mol. The summed E-state index contributed by atoms with van der Waals surface area (Å²) in [7, 11) is 0. The van der Waals surface area contributed by atoms with Gasteiger partial charge >= 0.3 is 5.97 Å². The summed E-state index contributed by atoms with van der Waals surface area (Å²) >= 11 is 2.91. The van der Waals surface area contributed by atoms with Crippen molar-refractivity contribution in [1.29, 1.82) is 0 Å². The Hall–Kier alpha value is -1.81. The van der Waals surface area contributed by atoms with Crippen LogP contribution < -0.4 is 0 Å². The van der Waals surface area contributed by atoms with E-state index in [4.69, 9.17) is 0 Å². The maximum atomic E-state index is 12.5. The lowest BCUT2D eigenvalue weighted by Crippen LogP contribution is -2.61. The third kappa shape index (κ3) is 4.41. The first-order chi connectivity index (χ1) is 14.9. The molecule has 0 saturated carbocycles. The van der Waals surface area contributed by atoms with E-state index in [2.05, 4.69) is 4.90 Å². The number of amides is 1. The second kappa shape index (κ2) is 9.36. The van der Waals surface area contributed by atoms with Crippen molar-refractivity contribution in [3.05, 3.63) is 45.8 Å². The molecule has 1 unspecified atom stereocenters. The Bertz CT molecular complexity index is 906. The van der Waals surface area contributed by atoms with Crippen LogP contribution in [-0.4, -0.2) is 74.0 Å². The van der Waals surface area contributed by atoms with Gasteiger partial charge in [-0.05, 0) is 19.4 Å². The van der Waals surface area contributed by atoms with Gasteiger partial charge in [-0.2, -0.15) is 0 Å². The van der Waals surface area contributed by atoms with Crippen molar-refractivity contribution in [3.63, 3.8) is 0 Å². The monoisotopic (exact) mass is 462 g/mol. The molecule has 1 amide bonds. The van der Waals surface area contributed by atoms with Crippen LogP contribution in [0, 0.1) is 5.92 Å². The minimum Gasteiger partial charge on any atom is -0.477 e. The number of fused-ring (bicyclic) bond motifs is 1. The molecule has 0 bridgehead atoms. The molecule has 1 aromatic carbocycles. The number of nitrogens with zero attached hydrogens (tertiary/aromatic N) is 2. The molecule has 3 heterocycles. The maximum Gasteiger partial charge on any atom is 0.354 e. The Kier molecular flexibility index (Phi) is 6.76. The van der Waals surface area contributed by atoms with Crippen molar-refractivity contribution >= 4 is 41.2 Å². The number of carbonyl (C=O) groups excluding carboxylic acids is 2. The Balaban J connectivity index is 1.34. The Morgan fingerprint density at radius 2 is 2.03 bits per heavy atom. The van der Waals surface area contributed by atoms with E-state index in [-0.39, 0.29) is 28.0 Å². The molecule has 2 fully saturated rings. The lowest BCUT2D eigenvalue weighted by Gasteiger charge is -2.44. The average Bonchev–Trinajstić information content (AvgIpc) is 3.35. The molecule has 166 valence electrons. The molecule has 4 atom stereocenters. The van der Waals surface area contributed by atoms with E-state index in [9.17, 15) is 24.6 Å². The first kappa shape index (κ1) is 22.4. The number of ketones is 1. The number of β-lactam (4-membered cyclic amide) rings is 1. The van der Waals surface area contributed by atoms with Gasteiger partial charge in [-0.15, -0.1) is 11.8 Å². The number of carboxylic acids is 1. The number of rotatable bonds is 9. The molecule has 1 aromatic rings. The molecule has 3 aliphatic rings. The van der Waals surface area contributed by atoms with Gasteiger partial charge < -0.3 is 15.1 Å². The second-order valence-corrected chi connectivity index (χ2v) is 10.7. The van der Waals surface area contributed by atoms with Gasteiger partial charge in [-0.3, -0.25) is 14.5 Å². The lowest BCUT2D eigenvalue weighted by molar-refractivity contribution is -0.157. The summed E-state index contributed by atoms with van der Waals surface area (Å²) in [6, 6.07) is 9.27. The SMILES string of the molecule is CC[C@H](O)[C@@H]1C(=O)N2C(C(=O)O)=C(SC3CCN(CCC(=O)c4ccccc4)C3)S[C@H]12. The van der Waals surface area contributed by atoms with Gasteiger partial charge in [0.05, 0.1) is 16.3 Å². The number of Topliss-reactive ketones (excluding diaryl/α,β-unsaturated/α-hetero) is 1. The van der Waals surface area contributed by atoms with Crippen LogP contribution in [0.4, 0.5) is 0 Å². The van der Waals surface area contributed by atoms with Crippen molar-refractivity contribution in [3.8, 4) is 0 Å². The third-order valence-electron chi connectivity index (χ3n) is 6.04. The minimum absolute atomic E-state index is 0.0576. The number of likely N-dealkylation sites (tertiary alicyclic amines) is 1. The standard InChI is InChI=1S/C22H26N2O5S2/c1-2-15(25)17-19(27)24-18(21(28)29)22(31-20(17)24)30-14-8-10-23(12-14)11-9-16(26)13-6-4-3-5-7-13/h3-7,14-15,17,20,25H,2,8-12H2,1H3,(H,28,29)/t14?,15-,17+,20+/m0/s1. The fourth-order valence-corrected chi connectivity index (χ4v) is 7.58. The summed E-state index contributed by atoms with van der Waals surface area (Å²) in [6.45, 7) is 4.14. The Morgan fingerprint density at radius 1 is 1.29 bits per heavy atom. The number of thioether (sulfide) groups is 2. The van der Waals surface area contributed by atoms with E-state index in [1.54, 1.807) is 0 Å². The van der Waals surface area contributed by atoms with Crippen molar-refractivity contribution in [2.45, 2.75) is 42.9 Å². The smallest absolute Gasteiger partial charge is 0.354 e. The molecule has 0 radical (unpaired) electrons. The molecule has 0 aromatic heterocycles. The highest BCUT2D eigenvalue weighted by Gasteiger charge is 2.58. The predicted octanol–water partition coefficient (Wildman–Crippen LogP) is 2.62. The van der Waals surface area contributed by atoms with Crippen molar-refractivity contribution in [2.24, 2.45) is 5.92 Å². The summed E-state index contributed by atoms with van der Waals surface area (Å²) < 4.78 is 0.656. The van der Waals surface area contributed by atoms with Gasteiger partial charge in [-0.1, -0.05) is 49.0 Å². The van der Waals surface area contributed by atoms with Crippen LogP contribution in [0.15, 0.2) is 40.3 Å². The summed E-state index contributed by atoms with van der Waals surface area (Å²) in [6.07, 6.45) is 1.08. The zero-order valence-electron chi connectivity index (χ0n) is 17.3. The zero-order valence-corrected chi connectivity index (χ0v) is 18.9. The fourth-order valence-electron chi connectivity index (χ4n) is 4.27. The number of aliphatic carboxylic acids is 1. The Morgan fingerprint density at radius 3 is 2.71 bits per heavy atom. The van der Waals surface area contributed by atoms with E-state index in [1.807, 2.05) is 37.3 Å². The predicted molar refractivity (Wildman–Crippen MR) is 121 cm³/mol. The largest absolute Gasteiger partial charge is 0.477 e. The third-order valence-corrected chi connectivity index (χ3v) is 8.89. The molecule has 7 nitrogen and oxygen atoms in total. The quantitative estimate of drug-likeness (QED) is 0.427. The normalized spacial score (nSPS) is 26.7. The van der Waals surface area contributed by atoms with Crippen LogP contribution in [0.3, 0.4) is 0 Å². The van der Waals surface area contributed by atoms with Crippen LogP contribution in [0.1, 0.15) is 36.5 Å². The highest BCUT2D eigenvalue weighted by molar-refractivity contribution is 8.23. The van der Waals surface area contributed by atoms with Crippen molar-refractivity contribution < 1.29 is 24.6 Å². The molecule has 0 aliphatic carbocycles. The van der Waals surface area contributed by atoms with Gasteiger partial charge in [0.2, 0.25) is 5.91 Å². The number of carboxylic acid groups (broad SMARTS) is 1. The zero-order chi connectivity index (χ0) is 22.1. The highest BCUT2D eigenvalue weighted by Crippen LogP contribution is 2.55. The number of hydrogen-bond acceptors (Lipinski definition) is 7. The number of aliphatic hydroxyl groups is 1. The first-order valence-corrected chi connectivity index (χ1v) is 12.3. The summed E-state index contributed by atoms with van der Waals surface area (Å²) in [5.41, 5.74) is 0.784. The summed E-state index contributed by atoms with van der Waals surface area (Å²) in [5, 5.41) is 19.7. The molecule has 3 aliphatic heterocycles. The van der Waals surface area contributed by atoms with Gasteiger partial charge in [-0.25, -0.2) is 4.79 Å². The highest BCUT2D eigenvalue weighted by atomic mass is 32.2. The summed E-state index contributed by atoms with van der Waals surface area (Å²) in [5.74, 6) is -1.81. The molecule has 2 saturated heterocycles. The fraction of sp³-hybridized carbons (Fsp3) is 0.500. The number of aliphatic hydroxyl groups excluding tert-OH is 1. The van der Waals surface area contributed by atoms with E-state index < -0.39 is 18.0 Å². The van der Waals surface area contributed by atoms with E-state index in [0.717, 1.165) is 25.1 Å². The molecular weight excluding hydrogens is 436 g/mol. The van der Waals surface area contributed by atoms with Crippen LogP contribution in [0.5, 0.6) is 0 Å². The second-order valence-electron chi connectivity index (χ2n) is 8.03. The van der Waals surface area contributed by atoms with E-state index in [1.165, 1.54) is 28.4 Å². The number of hydrogen-bond donors (Lipinski definition) is 2. The molecule has 9 heteroatoms. The summed E-state index contributed by atoms with van der Waals surface area (Å²) in [4.78, 5) is 40.2. The van der Waals surface area contributed by atoms with Crippen LogP contribution >= 0.6 is 23.5 Å². The Labute approximate surface area is 189 Å². The van der Waals surface area contributed by atoms with E-state index >= 15 is 0 Å². The van der Waals surface area contributed by atoms with E-state index in [0.29, 0.717) is 23.6 Å². The van der Waals surface area contributed by atoms with Crippen molar-refractivity contribution in [1.82, 2.24) is 9.80 Å². The minimum atomic E-state index is -1.10. The van der Waals surface area contributed by atoms with Crippen LogP contribution in [0.25, 0.3) is 0 Å². The molecule has 0 spiro atoms. The van der Waals surface area contributed by atoms with Crippen LogP contribution in [0.2, 0.25) is 0 Å². The van der Waals surface area contributed by atoms with Gasteiger partial charge in [0.15, 0.2) is 11.5 Å². The van der Waals surface area contributed by atoms with Gasteiger partial charge in [0.1, 0.15) is 5.37 Å². The molecule has 4 rings (SSSR count). The van der Waals surface area contributed by atoms with Gasteiger partial charge in [0, 0.05) is 30.3 Å². The lowest BCUT2D eigenvalue weighted by atomic mass is 9.90. The first-order valence-electron chi connectivity index (χ1n) is 10.5. The number of benzene rings is 1. The topological polar surface area (TPSA) is 98.2 Å².